The van der Waals surface area contributed by atoms with E-state index < -0.39 is 0 Å². The van der Waals surface area contributed by atoms with E-state index in [2.05, 4.69) is 0 Å². The molecule has 0 aromatic heterocycles. The van der Waals surface area contributed by atoms with Crippen molar-refractivity contribution in [2.24, 2.45) is 0 Å². The van der Waals surface area contributed by atoms with Crippen molar-refractivity contribution in [1.82, 2.24) is 0 Å². The minimum atomic E-state index is 0.195. The molecule has 0 amide bonds. The summed E-state index contributed by atoms with van der Waals surface area (Å²) in [5.41, 5.74) is 5.59. The molecule has 27 heavy (non-hydrogen) atoms. The minimum Gasteiger partial charge on any atom is -0.507 e. The largest absolute Gasteiger partial charge is 0.507 e. The highest BCUT2D eigenvalue weighted by Gasteiger charge is 2.13. The lowest BCUT2D eigenvalue weighted by atomic mass is 9.93. The predicted octanol–water partition coefficient (Wildman–Crippen LogP) is 3.94. The number of hydrogen-bond donors (Lipinski definition) is 4. The van der Waals surface area contributed by atoms with Crippen LogP contribution in [0, 0.1) is 13.8 Å². The van der Waals surface area contributed by atoms with Crippen LogP contribution in [0.2, 0.25) is 0 Å². The van der Waals surface area contributed by atoms with Crippen molar-refractivity contribution >= 4 is 0 Å². The summed E-state index contributed by atoms with van der Waals surface area (Å²) in [5.74, 6) is 0.562. The monoisotopic (exact) mass is 372 g/mol. The fraction of sp³-hybridized carbons (Fsp3) is 0.478. The number of hydrogen-bond acceptors (Lipinski definition) is 4. The number of benzene rings is 2. The smallest absolute Gasteiger partial charge is 0.122 e. The highest BCUT2D eigenvalue weighted by molar-refractivity contribution is 5.50. The first-order chi connectivity index (χ1) is 13.0. The van der Waals surface area contributed by atoms with Gasteiger partial charge in [0.15, 0.2) is 0 Å². The fourth-order valence-electron chi connectivity index (χ4n) is 3.51. The van der Waals surface area contributed by atoms with Crippen molar-refractivity contribution in [3.05, 3.63) is 57.6 Å². The van der Waals surface area contributed by atoms with Crippen LogP contribution < -0.4 is 0 Å². The summed E-state index contributed by atoms with van der Waals surface area (Å²) in [4.78, 5) is 0. The number of aromatic hydroxyl groups is 2. The van der Waals surface area contributed by atoms with Gasteiger partial charge in [-0.15, -0.1) is 0 Å². The molecule has 0 spiro atoms. The van der Waals surface area contributed by atoms with Gasteiger partial charge in [0.2, 0.25) is 0 Å². The van der Waals surface area contributed by atoms with Crippen LogP contribution >= 0.6 is 0 Å². The average Bonchev–Trinajstić information content (AvgIpc) is 2.63. The van der Waals surface area contributed by atoms with Gasteiger partial charge in [0.05, 0.1) is 0 Å². The number of rotatable bonds is 10. The highest BCUT2D eigenvalue weighted by Crippen LogP contribution is 2.32. The van der Waals surface area contributed by atoms with Gasteiger partial charge in [0.25, 0.3) is 0 Å². The van der Waals surface area contributed by atoms with Crippen LogP contribution in [0.25, 0.3) is 0 Å². The lowest BCUT2D eigenvalue weighted by Crippen LogP contribution is -1.98. The molecule has 2 rings (SSSR count). The predicted molar refractivity (Wildman–Crippen MR) is 109 cm³/mol. The Bertz CT molecular complexity index is 689. The Hall–Kier alpha value is -2.04. The number of phenolic OH excluding ortho intramolecular Hbond substituents is 2. The van der Waals surface area contributed by atoms with Crippen LogP contribution in [-0.2, 0) is 19.3 Å². The van der Waals surface area contributed by atoms with Gasteiger partial charge in [-0.3, -0.25) is 0 Å². The Labute approximate surface area is 162 Å². The second-order valence-electron chi connectivity index (χ2n) is 7.38. The van der Waals surface area contributed by atoms with Crippen molar-refractivity contribution < 1.29 is 20.4 Å². The maximum absolute atomic E-state index is 10.5. The van der Waals surface area contributed by atoms with Crippen LogP contribution in [-0.4, -0.2) is 33.6 Å². The summed E-state index contributed by atoms with van der Waals surface area (Å²) in [6, 6.07) is 8.00. The van der Waals surface area contributed by atoms with Gasteiger partial charge in [0.1, 0.15) is 11.5 Å². The Balaban J connectivity index is 2.26. The third-order valence-electron chi connectivity index (χ3n) is 5.01. The normalized spacial score (nSPS) is 11.1. The van der Waals surface area contributed by atoms with Gasteiger partial charge < -0.3 is 20.4 Å². The minimum absolute atomic E-state index is 0.195. The standard InChI is InChI=1S/C23H32O4/c1-16-11-18(7-3-5-9-24)13-20(22(16)26)15-21-14-19(8-4-6-10-25)12-17(2)23(21)27/h11-14,24-27H,3-10,15H2,1-2H3. The molecule has 0 aliphatic carbocycles. The van der Waals surface area contributed by atoms with Crippen molar-refractivity contribution in [3.63, 3.8) is 0 Å². The number of aryl methyl sites for hydroxylation is 4. The lowest BCUT2D eigenvalue weighted by Gasteiger charge is -2.14. The van der Waals surface area contributed by atoms with Crippen molar-refractivity contribution in [1.29, 1.82) is 0 Å². The summed E-state index contributed by atoms with van der Waals surface area (Å²) < 4.78 is 0. The third-order valence-corrected chi connectivity index (χ3v) is 5.01. The lowest BCUT2D eigenvalue weighted by molar-refractivity contribution is 0.284. The van der Waals surface area contributed by atoms with E-state index in [-0.39, 0.29) is 24.7 Å². The zero-order valence-electron chi connectivity index (χ0n) is 16.5. The first kappa shape index (κ1) is 21.3. The van der Waals surface area contributed by atoms with E-state index in [9.17, 15) is 10.2 Å². The van der Waals surface area contributed by atoms with E-state index in [0.717, 1.165) is 71.9 Å². The molecular weight excluding hydrogens is 340 g/mol. The first-order valence-electron chi connectivity index (χ1n) is 9.80. The summed E-state index contributed by atoms with van der Waals surface area (Å²) in [6.07, 6.45) is 5.55. The molecule has 0 aliphatic rings. The van der Waals surface area contributed by atoms with Gasteiger partial charge in [-0.05, 0) is 85.8 Å². The maximum atomic E-state index is 10.5. The van der Waals surface area contributed by atoms with Gasteiger partial charge in [-0.25, -0.2) is 0 Å². The van der Waals surface area contributed by atoms with Gasteiger partial charge >= 0.3 is 0 Å². The van der Waals surface area contributed by atoms with Crippen LogP contribution in [0.4, 0.5) is 0 Å². The molecule has 0 radical (unpaired) electrons. The number of aliphatic hydroxyl groups excluding tert-OH is 2. The van der Waals surface area contributed by atoms with Gasteiger partial charge in [0, 0.05) is 19.6 Å². The molecule has 0 saturated carbocycles. The molecule has 0 fully saturated rings. The maximum Gasteiger partial charge on any atom is 0.122 e. The molecule has 4 heteroatoms. The summed E-state index contributed by atoms with van der Waals surface area (Å²) >= 11 is 0. The van der Waals surface area contributed by atoms with Gasteiger partial charge in [-0.1, -0.05) is 24.3 Å². The molecule has 0 heterocycles. The van der Waals surface area contributed by atoms with Gasteiger partial charge in [-0.2, -0.15) is 0 Å². The SMILES string of the molecule is Cc1cc(CCCCO)cc(Cc2cc(CCCCO)cc(C)c2O)c1O. The van der Waals surface area contributed by atoms with E-state index >= 15 is 0 Å². The Morgan fingerprint density at radius 3 is 1.41 bits per heavy atom. The summed E-state index contributed by atoms with van der Waals surface area (Å²) in [5, 5.41) is 39.0. The quantitative estimate of drug-likeness (QED) is 0.476. The van der Waals surface area contributed by atoms with Crippen LogP contribution in [0.1, 0.15) is 59.1 Å². The number of aliphatic hydroxyl groups is 2. The van der Waals surface area contributed by atoms with E-state index in [1.807, 2.05) is 38.1 Å². The second kappa shape index (κ2) is 10.3. The van der Waals surface area contributed by atoms with Crippen molar-refractivity contribution in [2.45, 2.75) is 58.8 Å². The summed E-state index contributed by atoms with van der Waals surface area (Å²) in [6.45, 7) is 4.18. The molecule has 2 aromatic rings. The topological polar surface area (TPSA) is 80.9 Å². The average molecular weight is 373 g/mol. The Morgan fingerprint density at radius 2 is 1.04 bits per heavy atom. The Morgan fingerprint density at radius 1 is 0.630 bits per heavy atom. The molecular formula is C23H32O4. The first-order valence-corrected chi connectivity index (χ1v) is 9.80. The molecule has 0 unspecified atom stereocenters. The molecule has 4 nitrogen and oxygen atoms in total. The Kier molecular flexibility index (Phi) is 8.14. The molecule has 0 saturated heterocycles. The molecule has 0 bridgehead atoms. The third kappa shape index (κ3) is 5.98. The van der Waals surface area contributed by atoms with E-state index in [1.165, 1.54) is 0 Å². The number of unbranched alkanes of at least 4 members (excludes halogenated alkanes) is 2. The van der Waals surface area contributed by atoms with E-state index in [1.54, 1.807) is 0 Å². The molecule has 2 aromatic carbocycles. The molecule has 148 valence electrons. The van der Waals surface area contributed by atoms with E-state index in [0.29, 0.717) is 6.42 Å². The van der Waals surface area contributed by atoms with Crippen molar-refractivity contribution in [3.8, 4) is 11.5 Å². The fourth-order valence-corrected chi connectivity index (χ4v) is 3.51. The summed E-state index contributed by atoms with van der Waals surface area (Å²) in [7, 11) is 0. The van der Waals surface area contributed by atoms with Crippen LogP contribution in [0.15, 0.2) is 24.3 Å². The zero-order valence-corrected chi connectivity index (χ0v) is 16.5. The molecule has 0 atom stereocenters. The highest BCUT2D eigenvalue weighted by atomic mass is 16.3. The van der Waals surface area contributed by atoms with E-state index in [4.69, 9.17) is 10.2 Å². The van der Waals surface area contributed by atoms with Crippen molar-refractivity contribution in [2.75, 3.05) is 13.2 Å². The molecule has 0 aliphatic heterocycles. The second-order valence-corrected chi connectivity index (χ2v) is 7.38. The van der Waals surface area contributed by atoms with Crippen LogP contribution in [0.5, 0.6) is 11.5 Å². The molecule has 4 N–H and O–H groups in total. The zero-order chi connectivity index (χ0) is 19.8. The number of phenols is 2. The van der Waals surface area contributed by atoms with Crippen LogP contribution in [0.3, 0.4) is 0 Å².